The van der Waals surface area contributed by atoms with E-state index in [2.05, 4.69) is 15.3 Å². The number of aromatic nitrogens is 2. The van der Waals surface area contributed by atoms with Crippen molar-refractivity contribution in [1.82, 2.24) is 14.9 Å². The Labute approximate surface area is 205 Å². The van der Waals surface area contributed by atoms with Gasteiger partial charge in [-0.1, -0.05) is 11.6 Å². The second-order valence-electron chi connectivity index (χ2n) is 7.48. The second-order valence-corrected chi connectivity index (χ2v) is 7.91. The first kappa shape index (κ1) is 24.9. The molecule has 1 aromatic heterocycles. The van der Waals surface area contributed by atoms with Crippen molar-refractivity contribution in [2.75, 3.05) is 0 Å². The van der Waals surface area contributed by atoms with Crippen LogP contribution in [0.3, 0.4) is 0 Å². The maximum Gasteiger partial charge on any atom is 0.437 e. The van der Waals surface area contributed by atoms with Gasteiger partial charge in [-0.2, -0.15) is 18.4 Å². The zero-order valence-corrected chi connectivity index (χ0v) is 18.7. The van der Waals surface area contributed by atoms with Gasteiger partial charge in [0.15, 0.2) is 11.9 Å². The van der Waals surface area contributed by atoms with E-state index in [-0.39, 0.29) is 34.3 Å². The monoisotopic (exact) mass is 519 g/mol. The highest BCUT2D eigenvalue weighted by molar-refractivity contribution is 6.30. The van der Waals surface area contributed by atoms with Gasteiger partial charge < -0.3 is 15.2 Å². The number of halogens is 5. The van der Waals surface area contributed by atoms with E-state index >= 15 is 0 Å². The lowest BCUT2D eigenvalue weighted by Crippen LogP contribution is -2.40. The molecule has 36 heavy (non-hydrogen) atoms. The molecule has 2 N–H and O–H groups in total. The Balaban J connectivity index is 1.69. The minimum atomic E-state index is -5.02. The van der Waals surface area contributed by atoms with Crippen molar-refractivity contribution in [3.8, 4) is 17.6 Å². The number of nitrogens with one attached hydrogen (secondary N) is 1. The number of nitriles is 1. The highest BCUT2D eigenvalue weighted by atomic mass is 35.5. The van der Waals surface area contributed by atoms with Crippen molar-refractivity contribution in [2.24, 2.45) is 4.99 Å². The van der Waals surface area contributed by atoms with Gasteiger partial charge in [0.2, 0.25) is 5.75 Å². The number of benzene rings is 2. The van der Waals surface area contributed by atoms with E-state index in [4.69, 9.17) is 21.6 Å². The molecule has 1 aliphatic heterocycles. The summed E-state index contributed by atoms with van der Waals surface area (Å²) in [5, 5.41) is 22.2. The van der Waals surface area contributed by atoms with Crippen LogP contribution >= 0.6 is 11.6 Å². The molecule has 184 valence electrons. The average molecular weight is 520 g/mol. The first-order valence-corrected chi connectivity index (χ1v) is 10.5. The molecule has 2 heterocycles. The third-order valence-electron chi connectivity index (χ3n) is 4.94. The summed E-state index contributed by atoms with van der Waals surface area (Å²) in [4.78, 5) is 20.5. The first-order valence-electron chi connectivity index (χ1n) is 10.1. The molecular weight excluding hydrogens is 506 g/mol. The number of rotatable bonds is 5. The summed E-state index contributed by atoms with van der Waals surface area (Å²) >= 11 is 5.88. The predicted molar refractivity (Wildman–Crippen MR) is 120 cm³/mol. The normalized spacial score (nSPS) is 15.4. The smallest absolute Gasteiger partial charge is 0.437 e. The van der Waals surface area contributed by atoms with Crippen LogP contribution in [-0.4, -0.2) is 26.7 Å². The van der Waals surface area contributed by atoms with E-state index < -0.39 is 35.2 Å². The zero-order valence-electron chi connectivity index (χ0n) is 17.9. The Morgan fingerprint density at radius 1 is 1.22 bits per heavy atom. The van der Waals surface area contributed by atoms with Crippen LogP contribution in [0.15, 0.2) is 70.4 Å². The number of aliphatic hydroxyl groups is 1. The summed E-state index contributed by atoms with van der Waals surface area (Å²) in [6, 6.07) is 10.6. The number of hydrogen-bond acceptors (Lipinski definition) is 7. The van der Waals surface area contributed by atoms with Crippen molar-refractivity contribution in [2.45, 2.75) is 18.9 Å². The molecule has 0 radical (unpaired) electrons. The van der Waals surface area contributed by atoms with Crippen molar-refractivity contribution < 1.29 is 27.4 Å². The highest BCUT2D eigenvalue weighted by Gasteiger charge is 2.39. The molecule has 0 saturated heterocycles. The molecule has 4 rings (SSSR count). The van der Waals surface area contributed by atoms with Gasteiger partial charge in [-0.3, -0.25) is 9.36 Å². The van der Waals surface area contributed by atoms with Gasteiger partial charge in [-0.15, -0.1) is 0 Å². The van der Waals surface area contributed by atoms with Gasteiger partial charge in [0.25, 0.3) is 5.56 Å². The topological polar surface area (TPSA) is 113 Å². The molecule has 0 aliphatic carbocycles. The van der Waals surface area contributed by atoms with E-state index in [1.807, 2.05) is 0 Å². The van der Waals surface area contributed by atoms with Gasteiger partial charge >= 0.3 is 6.18 Å². The second kappa shape index (κ2) is 9.80. The molecule has 1 unspecified atom stereocenters. The summed E-state index contributed by atoms with van der Waals surface area (Å²) in [7, 11) is 0. The minimum Gasteiger partial charge on any atom is -0.449 e. The Bertz CT molecular complexity index is 1480. The number of aliphatic imine (C=N–C) groups is 1. The van der Waals surface area contributed by atoms with E-state index in [9.17, 15) is 27.5 Å². The van der Waals surface area contributed by atoms with Crippen LogP contribution in [0, 0.1) is 17.1 Å². The van der Waals surface area contributed by atoms with Gasteiger partial charge in [0.05, 0.1) is 24.5 Å². The van der Waals surface area contributed by atoms with Gasteiger partial charge in [0.1, 0.15) is 17.4 Å². The number of hydrogen-bond donors (Lipinski definition) is 2. The fraction of sp³-hybridized carbons (Fsp3) is 0.130. The van der Waals surface area contributed by atoms with E-state index in [0.29, 0.717) is 11.9 Å². The maximum absolute atomic E-state index is 13.6. The third-order valence-corrected chi connectivity index (χ3v) is 5.16. The highest BCUT2D eigenvalue weighted by Crippen LogP contribution is 2.35. The van der Waals surface area contributed by atoms with Crippen LogP contribution in [-0.2, 0) is 12.7 Å². The van der Waals surface area contributed by atoms with Crippen molar-refractivity contribution in [3.05, 3.63) is 98.6 Å². The van der Waals surface area contributed by atoms with Gasteiger partial charge in [-0.05, 0) is 42.5 Å². The quantitative estimate of drug-likeness (QED) is 0.493. The van der Waals surface area contributed by atoms with Crippen LogP contribution in [0.5, 0.6) is 11.5 Å². The summed E-state index contributed by atoms with van der Waals surface area (Å²) in [6.45, 7) is -0.381. The van der Waals surface area contributed by atoms with Crippen LogP contribution in [0.25, 0.3) is 0 Å². The molecule has 2 aromatic carbocycles. The lowest BCUT2D eigenvalue weighted by molar-refractivity contribution is -0.142. The first-order chi connectivity index (χ1) is 17.0. The number of nitrogens with zero attached hydrogens (tertiary/aromatic N) is 4. The van der Waals surface area contributed by atoms with Crippen molar-refractivity contribution in [3.63, 3.8) is 0 Å². The van der Waals surface area contributed by atoms with Gasteiger partial charge in [-0.25, -0.2) is 14.4 Å². The lowest BCUT2D eigenvalue weighted by Gasteiger charge is -2.23. The largest absolute Gasteiger partial charge is 0.449 e. The summed E-state index contributed by atoms with van der Waals surface area (Å²) in [6.07, 6.45) is -4.47. The van der Waals surface area contributed by atoms with E-state index in [0.717, 1.165) is 16.7 Å². The van der Waals surface area contributed by atoms with Crippen LogP contribution < -0.4 is 15.6 Å². The van der Waals surface area contributed by atoms with Crippen molar-refractivity contribution in [1.29, 1.82) is 5.26 Å². The molecule has 8 nitrogen and oxygen atoms in total. The molecular formula is C23H14ClF4N5O3. The molecule has 0 bridgehead atoms. The Morgan fingerprint density at radius 2 is 1.94 bits per heavy atom. The molecule has 1 atom stereocenters. The number of amidine groups is 1. The zero-order chi connectivity index (χ0) is 26.0. The summed E-state index contributed by atoms with van der Waals surface area (Å²) in [5.74, 6) is -1.64. The fourth-order valence-electron chi connectivity index (χ4n) is 3.25. The molecule has 0 fully saturated rings. The molecule has 1 aliphatic rings. The van der Waals surface area contributed by atoms with Gasteiger partial charge in [0, 0.05) is 22.4 Å². The Morgan fingerprint density at radius 3 is 2.58 bits per heavy atom. The molecule has 0 amide bonds. The number of aliphatic hydroxyl groups excluding tert-OH is 1. The van der Waals surface area contributed by atoms with Crippen LogP contribution in [0.2, 0.25) is 5.02 Å². The number of alkyl halides is 3. The maximum atomic E-state index is 13.6. The standard InChI is InChI=1S/C23H14ClF4N5O3/c24-15-5-12(8-29)6-17(7-15)36-18-19(23(26,27)28)31-11-33(22(18)35)10-14-9-30-20(32-21(14)34)13-1-3-16(25)4-2-13/h1-7,9,11,21,34H,10H2,(H,30,32). The predicted octanol–water partition coefficient (Wildman–Crippen LogP) is 3.97. The SMILES string of the molecule is N#Cc1cc(Cl)cc(Oc2c(C(F)(F)F)ncn(CC3=CN=C(c4ccc(F)cc4)NC3O)c2=O)c1. The van der Waals surface area contributed by atoms with E-state index in [1.54, 1.807) is 6.07 Å². The molecule has 13 heteroatoms. The molecule has 0 saturated carbocycles. The lowest BCUT2D eigenvalue weighted by atomic mass is 10.1. The average Bonchev–Trinajstić information content (AvgIpc) is 2.82. The van der Waals surface area contributed by atoms with Crippen LogP contribution in [0.1, 0.15) is 16.8 Å². The summed E-state index contributed by atoms with van der Waals surface area (Å²) < 4.78 is 59.9. The molecule has 0 spiro atoms. The fourth-order valence-corrected chi connectivity index (χ4v) is 3.47. The number of ether oxygens (including phenoxy) is 1. The van der Waals surface area contributed by atoms with Crippen molar-refractivity contribution >= 4 is 17.4 Å². The Hall–Kier alpha value is -4.21. The van der Waals surface area contributed by atoms with Crippen LogP contribution in [0.4, 0.5) is 17.6 Å². The van der Waals surface area contributed by atoms with E-state index in [1.165, 1.54) is 36.5 Å². The Kier molecular flexibility index (Phi) is 6.78. The third kappa shape index (κ3) is 5.37. The summed E-state index contributed by atoms with van der Waals surface area (Å²) in [5.41, 5.74) is -2.16. The molecule has 3 aromatic rings. The minimum absolute atomic E-state index is 0.00616.